The van der Waals surface area contributed by atoms with Crippen molar-refractivity contribution in [1.29, 1.82) is 0 Å². The molecular weight excluding hydrogens is 284 g/mol. The normalized spacial score (nSPS) is 13.7. The SMILES string of the molecule is CCN(C(=O)NCC(C)(C)S(C)(=O)=O)C(C)CC(=O)O. The second-order valence-corrected chi connectivity index (χ2v) is 8.07. The minimum atomic E-state index is -3.30. The summed E-state index contributed by atoms with van der Waals surface area (Å²) in [5, 5.41) is 11.3. The Labute approximate surface area is 120 Å². The third-order valence-electron chi connectivity index (χ3n) is 3.27. The molecule has 0 aliphatic heterocycles. The van der Waals surface area contributed by atoms with E-state index in [1.54, 1.807) is 13.8 Å². The van der Waals surface area contributed by atoms with Gasteiger partial charge >= 0.3 is 12.0 Å². The maximum Gasteiger partial charge on any atom is 0.317 e. The highest BCUT2D eigenvalue weighted by molar-refractivity contribution is 7.92. The Morgan fingerprint density at radius 2 is 1.85 bits per heavy atom. The van der Waals surface area contributed by atoms with Gasteiger partial charge in [-0.3, -0.25) is 4.79 Å². The van der Waals surface area contributed by atoms with Crippen LogP contribution in [0.5, 0.6) is 0 Å². The highest BCUT2D eigenvalue weighted by Crippen LogP contribution is 2.14. The minimum Gasteiger partial charge on any atom is -0.481 e. The molecule has 8 heteroatoms. The number of hydrogen-bond donors (Lipinski definition) is 2. The van der Waals surface area contributed by atoms with Crippen LogP contribution in [0.25, 0.3) is 0 Å². The molecule has 0 rings (SSSR count). The molecule has 0 spiro atoms. The van der Waals surface area contributed by atoms with Crippen LogP contribution in [-0.2, 0) is 14.6 Å². The second-order valence-electron chi connectivity index (χ2n) is 5.42. The van der Waals surface area contributed by atoms with E-state index in [0.29, 0.717) is 6.54 Å². The van der Waals surface area contributed by atoms with Crippen LogP contribution in [0.2, 0.25) is 0 Å². The monoisotopic (exact) mass is 308 g/mol. The van der Waals surface area contributed by atoms with Crippen molar-refractivity contribution in [3.05, 3.63) is 0 Å². The molecular formula is C12H24N2O5S. The van der Waals surface area contributed by atoms with Gasteiger partial charge < -0.3 is 15.3 Å². The zero-order valence-electron chi connectivity index (χ0n) is 12.6. The molecule has 1 unspecified atom stereocenters. The number of sulfone groups is 1. The Hall–Kier alpha value is -1.31. The molecule has 0 aromatic heterocycles. The fourth-order valence-electron chi connectivity index (χ4n) is 1.54. The van der Waals surface area contributed by atoms with E-state index >= 15 is 0 Å². The Morgan fingerprint density at radius 3 is 2.20 bits per heavy atom. The molecule has 0 aromatic rings. The lowest BCUT2D eigenvalue weighted by molar-refractivity contribution is -0.138. The summed E-state index contributed by atoms with van der Waals surface area (Å²) in [4.78, 5) is 24.0. The van der Waals surface area contributed by atoms with Gasteiger partial charge in [0, 0.05) is 25.4 Å². The number of amides is 2. The zero-order chi connectivity index (χ0) is 16.1. The van der Waals surface area contributed by atoms with Crippen molar-refractivity contribution in [2.24, 2.45) is 0 Å². The topological polar surface area (TPSA) is 104 Å². The maximum atomic E-state index is 12.0. The molecule has 2 amide bonds. The molecule has 0 saturated heterocycles. The Kier molecular flexibility index (Phi) is 6.46. The Balaban J connectivity index is 4.70. The molecule has 0 saturated carbocycles. The van der Waals surface area contributed by atoms with Crippen LogP contribution in [0.15, 0.2) is 0 Å². The Bertz CT molecular complexity index is 458. The molecule has 2 N–H and O–H groups in total. The number of nitrogens with one attached hydrogen (secondary N) is 1. The highest BCUT2D eigenvalue weighted by atomic mass is 32.2. The smallest absolute Gasteiger partial charge is 0.317 e. The molecule has 0 radical (unpaired) electrons. The van der Waals surface area contributed by atoms with Gasteiger partial charge in [-0.05, 0) is 27.7 Å². The standard InChI is InChI=1S/C12H24N2O5S/c1-6-14(9(2)7-10(15)16)11(17)13-8-12(3,4)20(5,18)19/h9H,6-8H2,1-5H3,(H,13,17)(H,15,16). The van der Waals surface area contributed by atoms with Crippen LogP contribution in [-0.4, -0.2) is 60.6 Å². The molecule has 0 heterocycles. The van der Waals surface area contributed by atoms with Crippen LogP contribution in [0.3, 0.4) is 0 Å². The van der Waals surface area contributed by atoms with Gasteiger partial charge in [0.25, 0.3) is 0 Å². The van der Waals surface area contributed by atoms with Crippen molar-refractivity contribution in [2.45, 2.75) is 44.9 Å². The van der Waals surface area contributed by atoms with Crippen LogP contribution in [0.4, 0.5) is 4.79 Å². The fraction of sp³-hybridized carbons (Fsp3) is 0.833. The largest absolute Gasteiger partial charge is 0.481 e. The van der Waals surface area contributed by atoms with E-state index in [1.165, 1.54) is 18.7 Å². The summed E-state index contributed by atoms with van der Waals surface area (Å²) in [6, 6.07) is -0.920. The van der Waals surface area contributed by atoms with Crippen molar-refractivity contribution in [1.82, 2.24) is 10.2 Å². The van der Waals surface area contributed by atoms with E-state index in [2.05, 4.69) is 5.32 Å². The molecule has 20 heavy (non-hydrogen) atoms. The predicted molar refractivity (Wildman–Crippen MR) is 76.4 cm³/mol. The Morgan fingerprint density at radius 1 is 1.35 bits per heavy atom. The predicted octanol–water partition coefficient (Wildman–Crippen LogP) is 0.704. The van der Waals surface area contributed by atoms with E-state index in [-0.39, 0.29) is 13.0 Å². The highest BCUT2D eigenvalue weighted by Gasteiger charge is 2.31. The lowest BCUT2D eigenvalue weighted by Gasteiger charge is -2.29. The minimum absolute atomic E-state index is 0.0268. The molecule has 0 fully saturated rings. The average Bonchev–Trinajstić information content (AvgIpc) is 2.24. The van der Waals surface area contributed by atoms with Gasteiger partial charge in [0.05, 0.1) is 11.2 Å². The molecule has 0 aromatic carbocycles. The van der Waals surface area contributed by atoms with Crippen molar-refractivity contribution in [3.63, 3.8) is 0 Å². The van der Waals surface area contributed by atoms with E-state index < -0.39 is 32.6 Å². The lowest BCUT2D eigenvalue weighted by Crippen LogP contribution is -2.50. The number of hydrogen-bond acceptors (Lipinski definition) is 4. The molecule has 1 atom stereocenters. The number of urea groups is 1. The van der Waals surface area contributed by atoms with Crippen molar-refractivity contribution in [3.8, 4) is 0 Å². The van der Waals surface area contributed by atoms with Gasteiger partial charge in [0.1, 0.15) is 0 Å². The van der Waals surface area contributed by atoms with Crippen LogP contribution in [0.1, 0.15) is 34.1 Å². The van der Waals surface area contributed by atoms with Crippen LogP contribution < -0.4 is 5.32 Å². The number of aliphatic carboxylic acids is 1. The summed E-state index contributed by atoms with van der Waals surface area (Å²) >= 11 is 0. The summed E-state index contributed by atoms with van der Waals surface area (Å²) in [7, 11) is -3.30. The molecule has 118 valence electrons. The van der Waals surface area contributed by atoms with E-state index in [1.807, 2.05) is 0 Å². The van der Waals surface area contributed by atoms with Crippen LogP contribution >= 0.6 is 0 Å². The van der Waals surface area contributed by atoms with Gasteiger partial charge in [-0.15, -0.1) is 0 Å². The molecule has 7 nitrogen and oxygen atoms in total. The van der Waals surface area contributed by atoms with E-state index in [0.717, 1.165) is 6.26 Å². The molecule has 0 bridgehead atoms. The second kappa shape index (κ2) is 6.92. The van der Waals surface area contributed by atoms with E-state index in [4.69, 9.17) is 5.11 Å². The third kappa shape index (κ3) is 5.36. The number of carbonyl (C=O) groups is 2. The van der Waals surface area contributed by atoms with Gasteiger partial charge in [0.2, 0.25) is 0 Å². The van der Waals surface area contributed by atoms with Gasteiger partial charge in [-0.2, -0.15) is 0 Å². The molecule has 0 aliphatic rings. The lowest BCUT2D eigenvalue weighted by atomic mass is 10.2. The first-order chi connectivity index (χ1) is 8.92. The fourth-order valence-corrected chi connectivity index (χ4v) is 1.87. The summed E-state index contributed by atoms with van der Waals surface area (Å²) in [5.74, 6) is -0.986. The first-order valence-electron chi connectivity index (χ1n) is 6.38. The molecule has 0 aliphatic carbocycles. The number of carbonyl (C=O) groups excluding carboxylic acids is 1. The van der Waals surface area contributed by atoms with Gasteiger partial charge in [0.15, 0.2) is 9.84 Å². The van der Waals surface area contributed by atoms with Crippen LogP contribution in [0, 0.1) is 0 Å². The van der Waals surface area contributed by atoms with Gasteiger partial charge in [-0.1, -0.05) is 0 Å². The average molecular weight is 308 g/mol. The summed E-state index contributed by atoms with van der Waals surface area (Å²) in [5.41, 5.74) is 0. The number of rotatable bonds is 7. The third-order valence-corrected chi connectivity index (χ3v) is 5.42. The maximum absolute atomic E-state index is 12.0. The van der Waals surface area contributed by atoms with Crippen molar-refractivity contribution >= 4 is 21.8 Å². The van der Waals surface area contributed by atoms with Crippen molar-refractivity contribution < 1.29 is 23.1 Å². The van der Waals surface area contributed by atoms with Crippen molar-refractivity contribution in [2.75, 3.05) is 19.3 Å². The first kappa shape index (κ1) is 18.7. The van der Waals surface area contributed by atoms with Gasteiger partial charge in [-0.25, -0.2) is 13.2 Å². The summed E-state index contributed by atoms with van der Waals surface area (Å²) in [6.07, 6.45) is 0.959. The number of carboxylic acids is 1. The first-order valence-corrected chi connectivity index (χ1v) is 8.27. The number of nitrogens with zero attached hydrogens (tertiary/aromatic N) is 1. The summed E-state index contributed by atoms with van der Waals surface area (Å²) in [6.45, 7) is 6.75. The number of carboxylic acid groups (broad SMARTS) is 1. The zero-order valence-corrected chi connectivity index (χ0v) is 13.5. The summed E-state index contributed by atoms with van der Waals surface area (Å²) < 4.78 is 22.0. The van der Waals surface area contributed by atoms with E-state index in [9.17, 15) is 18.0 Å². The quantitative estimate of drug-likeness (QED) is 0.720.